The zero-order valence-electron chi connectivity index (χ0n) is 18.5. The van der Waals surface area contributed by atoms with Crippen molar-refractivity contribution in [1.82, 2.24) is 0 Å². The van der Waals surface area contributed by atoms with Crippen LogP contribution in [0.3, 0.4) is 0 Å². The van der Waals surface area contributed by atoms with E-state index in [1.165, 1.54) is 43.8 Å². The smallest absolute Gasteiger partial charge is 0.00141 e. The average Bonchev–Trinajstić information content (AvgIpc) is 2.76. The van der Waals surface area contributed by atoms with Gasteiger partial charge in [0.1, 0.15) is 0 Å². The minimum atomic E-state index is 1.16. The Morgan fingerprint density at radius 3 is 1.43 bits per heavy atom. The third-order valence-corrected chi connectivity index (χ3v) is 5.45. The van der Waals surface area contributed by atoms with Crippen LogP contribution in [0.2, 0.25) is 0 Å². The van der Waals surface area contributed by atoms with Crippen molar-refractivity contribution in [3.05, 3.63) is 95.1 Å². The van der Waals surface area contributed by atoms with Crippen LogP contribution in [0.25, 0.3) is 58.0 Å². The van der Waals surface area contributed by atoms with E-state index in [9.17, 15) is 0 Å². The van der Waals surface area contributed by atoms with Crippen LogP contribution in [0.5, 0.6) is 0 Å². The van der Waals surface area contributed by atoms with E-state index in [-0.39, 0.29) is 0 Å². The standard InChI is InChI=1S/C30H30/c1-7-15-23-21(11-5)29-27(18-10-4)25(17-9-3)26-19-13-14-20-28(26)30(29)22(12-6)24(23)16-8-2/h7-20H,5-6H2,1-4H3/b15-7-,16-8-,17-9-,18-10-. The van der Waals surface area contributed by atoms with Crippen LogP contribution in [0, 0.1) is 0 Å². The molecule has 0 heteroatoms. The summed E-state index contributed by atoms with van der Waals surface area (Å²) < 4.78 is 0. The lowest BCUT2D eigenvalue weighted by Gasteiger charge is -2.22. The van der Waals surface area contributed by atoms with E-state index in [4.69, 9.17) is 0 Å². The molecule has 0 aliphatic carbocycles. The number of hydrogen-bond acceptors (Lipinski definition) is 0. The predicted octanol–water partition coefficient (Wildman–Crippen LogP) is 9.41. The zero-order valence-corrected chi connectivity index (χ0v) is 18.5. The van der Waals surface area contributed by atoms with Crippen molar-refractivity contribution in [2.75, 3.05) is 0 Å². The molecule has 3 aromatic carbocycles. The van der Waals surface area contributed by atoms with Crippen molar-refractivity contribution < 1.29 is 0 Å². The first kappa shape index (κ1) is 21.3. The van der Waals surface area contributed by atoms with Crippen LogP contribution in [-0.4, -0.2) is 0 Å². The van der Waals surface area contributed by atoms with Gasteiger partial charge in [-0.3, -0.25) is 0 Å². The molecule has 0 unspecified atom stereocenters. The molecule has 150 valence electrons. The van der Waals surface area contributed by atoms with Crippen LogP contribution in [0.4, 0.5) is 0 Å². The van der Waals surface area contributed by atoms with E-state index in [0.717, 1.165) is 11.1 Å². The number of allylic oxidation sites excluding steroid dienone is 4. The van der Waals surface area contributed by atoms with Gasteiger partial charge in [0, 0.05) is 0 Å². The molecule has 30 heavy (non-hydrogen) atoms. The van der Waals surface area contributed by atoms with Crippen molar-refractivity contribution in [1.29, 1.82) is 0 Å². The highest BCUT2D eigenvalue weighted by Gasteiger charge is 2.20. The molecular weight excluding hydrogens is 360 g/mol. The van der Waals surface area contributed by atoms with Crippen molar-refractivity contribution in [3.63, 3.8) is 0 Å². The first-order chi connectivity index (χ1) is 14.7. The quantitative estimate of drug-likeness (QED) is 0.368. The maximum atomic E-state index is 4.21. The van der Waals surface area contributed by atoms with Gasteiger partial charge >= 0.3 is 0 Å². The third-order valence-electron chi connectivity index (χ3n) is 5.45. The summed E-state index contributed by atoms with van der Waals surface area (Å²) >= 11 is 0. The van der Waals surface area contributed by atoms with E-state index >= 15 is 0 Å². The Balaban J connectivity index is 2.87. The lowest BCUT2D eigenvalue weighted by Crippen LogP contribution is -1.99. The van der Waals surface area contributed by atoms with Gasteiger partial charge in [-0.15, -0.1) is 0 Å². The molecule has 0 spiro atoms. The fourth-order valence-electron chi connectivity index (χ4n) is 4.41. The highest BCUT2D eigenvalue weighted by atomic mass is 14.2. The first-order valence-electron chi connectivity index (χ1n) is 10.5. The molecule has 0 saturated heterocycles. The Hall–Kier alpha value is -3.38. The molecule has 0 nitrogen and oxygen atoms in total. The summed E-state index contributed by atoms with van der Waals surface area (Å²) in [5.74, 6) is 0. The van der Waals surface area contributed by atoms with E-state index in [1.54, 1.807) is 0 Å². The van der Waals surface area contributed by atoms with E-state index < -0.39 is 0 Å². The fraction of sp³-hybridized carbons (Fsp3) is 0.133. The first-order valence-corrected chi connectivity index (χ1v) is 10.5. The molecule has 0 bridgehead atoms. The highest BCUT2D eigenvalue weighted by Crippen LogP contribution is 2.43. The lowest BCUT2D eigenvalue weighted by molar-refractivity contribution is 1.57. The Labute approximate surface area is 180 Å². The van der Waals surface area contributed by atoms with Gasteiger partial charge in [0.05, 0.1) is 0 Å². The van der Waals surface area contributed by atoms with Gasteiger partial charge in [0.15, 0.2) is 0 Å². The van der Waals surface area contributed by atoms with Crippen LogP contribution in [-0.2, 0) is 0 Å². The van der Waals surface area contributed by atoms with Crippen LogP contribution < -0.4 is 0 Å². The molecule has 0 aliphatic rings. The van der Waals surface area contributed by atoms with Crippen molar-refractivity contribution in [2.24, 2.45) is 0 Å². The summed E-state index contributed by atoms with van der Waals surface area (Å²) in [7, 11) is 0. The minimum absolute atomic E-state index is 1.16. The Morgan fingerprint density at radius 2 is 0.933 bits per heavy atom. The lowest BCUT2D eigenvalue weighted by atomic mass is 9.81. The molecule has 3 rings (SSSR count). The van der Waals surface area contributed by atoms with Crippen LogP contribution in [0.1, 0.15) is 61.1 Å². The molecule has 0 aromatic heterocycles. The molecular formula is C30H30. The normalized spacial score (nSPS) is 12.4. The summed E-state index contributed by atoms with van der Waals surface area (Å²) in [4.78, 5) is 0. The predicted molar refractivity (Wildman–Crippen MR) is 140 cm³/mol. The topological polar surface area (TPSA) is 0 Å². The molecule has 0 radical (unpaired) electrons. The second-order valence-corrected chi connectivity index (χ2v) is 7.19. The van der Waals surface area contributed by atoms with Crippen LogP contribution >= 0.6 is 0 Å². The van der Waals surface area contributed by atoms with E-state index in [1.807, 2.05) is 12.2 Å². The number of benzene rings is 3. The number of fused-ring (bicyclic) bond motifs is 3. The summed E-state index contributed by atoms with van der Waals surface area (Å²) in [5, 5.41) is 4.95. The monoisotopic (exact) mass is 390 g/mol. The second kappa shape index (κ2) is 9.41. The van der Waals surface area contributed by atoms with Crippen molar-refractivity contribution >= 4 is 58.0 Å². The summed E-state index contributed by atoms with van der Waals surface area (Å²) in [6.07, 6.45) is 21.2. The van der Waals surface area contributed by atoms with Crippen LogP contribution in [0.15, 0.2) is 61.7 Å². The molecule has 0 atom stereocenters. The molecule has 0 heterocycles. The van der Waals surface area contributed by atoms with Crippen molar-refractivity contribution in [3.8, 4) is 0 Å². The Kier molecular flexibility index (Phi) is 6.69. The molecule has 0 aliphatic heterocycles. The largest absolute Gasteiger partial charge is 0.0984 e. The molecule has 3 aromatic rings. The molecule has 0 saturated carbocycles. The number of rotatable bonds is 6. The highest BCUT2D eigenvalue weighted by molar-refractivity contribution is 6.21. The van der Waals surface area contributed by atoms with Gasteiger partial charge in [-0.2, -0.15) is 0 Å². The summed E-state index contributed by atoms with van der Waals surface area (Å²) in [5.41, 5.74) is 7.15. The summed E-state index contributed by atoms with van der Waals surface area (Å²) in [6.45, 7) is 16.7. The van der Waals surface area contributed by atoms with Crippen molar-refractivity contribution in [2.45, 2.75) is 27.7 Å². The van der Waals surface area contributed by atoms with Gasteiger partial charge in [0.2, 0.25) is 0 Å². The zero-order chi connectivity index (χ0) is 21.7. The van der Waals surface area contributed by atoms with Gasteiger partial charge in [-0.1, -0.05) is 98.2 Å². The Morgan fingerprint density at radius 1 is 0.500 bits per heavy atom. The van der Waals surface area contributed by atoms with Gasteiger partial charge in [0.25, 0.3) is 0 Å². The molecule has 0 fully saturated rings. The molecule has 0 N–H and O–H groups in total. The van der Waals surface area contributed by atoms with Gasteiger partial charge < -0.3 is 0 Å². The Bertz CT molecular complexity index is 1240. The average molecular weight is 391 g/mol. The molecule has 0 amide bonds. The maximum Gasteiger partial charge on any atom is -0.00141 e. The number of hydrogen-bond donors (Lipinski definition) is 0. The van der Waals surface area contributed by atoms with Gasteiger partial charge in [-0.25, -0.2) is 0 Å². The van der Waals surface area contributed by atoms with E-state index in [0.29, 0.717) is 0 Å². The SMILES string of the molecule is C=Cc1c(/C=C\C)c(/C=C\C)c(C=C)c2c1c(/C=C\C)c(/C=C\C)c1ccccc12. The van der Waals surface area contributed by atoms with E-state index in [2.05, 4.69) is 114 Å². The maximum absolute atomic E-state index is 4.21. The summed E-state index contributed by atoms with van der Waals surface area (Å²) in [6, 6.07) is 8.67. The fourth-order valence-corrected chi connectivity index (χ4v) is 4.41. The van der Waals surface area contributed by atoms with Gasteiger partial charge in [-0.05, 0) is 82.6 Å². The minimum Gasteiger partial charge on any atom is -0.0984 e. The third kappa shape index (κ3) is 3.39. The second-order valence-electron chi connectivity index (χ2n) is 7.19.